The largest absolute Gasteiger partial charge is 0.384 e. The minimum Gasteiger partial charge on any atom is -0.384 e. The van der Waals surface area contributed by atoms with E-state index in [0.29, 0.717) is 18.1 Å². The Morgan fingerprint density at radius 1 is 1.07 bits per heavy atom. The molecule has 0 bridgehead atoms. The van der Waals surface area contributed by atoms with E-state index < -0.39 is 0 Å². The van der Waals surface area contributed by atoms with Crippen LogP contribution in [0.25, 0.3) is 22.3 Å². The normalized spacial score (nSPS) is 11.4. The number of nitrogens with zero attached hydrogens (tertiary/aromatic N) is 3. The Morgan fingerprint density at radius 2 is 1.89 bits per heavy atom. The van der Waals surface area contributed by atoms with Crippen molar-refractivity contribution in [2.24, 2.45) is 0 Å². The van der Waals surface area contributed by atoms with Gasteiger partial charge in [0.1, 0.15) is 0 Å². The van der Waals surface area contributed by atoms with Crippen LogP contribution in [0.3, 0.4) is 0 Å². The molecule has 0 aliphatic heterocycles. The highest BCUT2D eigenvalue weighted by Gasteiger charge is 2.12. The van der Waals surface area contributed by atoms with Crippen molar-refractivity contribution >= 4 is 16.6 Å². The summed E-state index contributed by atoms with van der Waals surface area (Å²) in [7, 11) is 4.13. The first-order valence-electron chi connectivity index (χ1n) is 9.05. The summed E-state index contributed by atoms with van der Waals surface area (Å²) in [5.41, 5.74) is 4.30. The van der Waals surface area contributed by atoms with Crippen LogP contribution in [0.15, 0.2) is 59.3 Å². The third-order valence-electron chi connectivity index (χ3n) is 4.52. The number of anilines is 1. The van der Waals surface area contributed by atoms with Gasteiger partial charge in [-0.1, -0.05) is 23.4 Å². The third-order valence-corrected chi connectivity index (χ3v) is 4.52. The van der Waals surface area contributed by atoms with Gasteiger partial charge in [0, 0.05) is 41.4 Å². The average Bonchev–Trinajstić information content (AvgIpc) is 3.30. The number of aromatic amines is 1. The molecule has 0 aliphatic rings. The van der Waals surface area contributed by atoms with E-state index in [2.05, 4.69) is 51.6 Å². The molecule has 27 heavy (non-hydrogen) atoms. The molecule has 0 saturated heterocycles. The van der Waals surface area contributed by atoms with Crippen LogP contribution in [0, 0.1) is 0 Å². The first kappa shape index (κ1) is 17.3. The maximum Gasteiger partial charge on any atom is 0.231 e. The van der Waals surface area contributed by atoms with Crippen LogP contribution in [0.1, 0.15) is 11.5 Å². The SMILES string of the molecule is CN(C)CCNc1ccc(-c2noc(Cc3c[nH]c4ccccc34)n2)cc1. The van der Waals surface area contributed by atoms with E-state index in [9.17, 15) is 0 Å². The molecule has 4 rings (SSSR count). The molecule has 0 radical (unpaired) electrons. The number of hydrogen-bond acceptors (Lipinski definition) is 5. The van der Waals surface area contributed by atoms with E-state index in [1.54, 1.807) is 0 Å². The van der Waals surface area contributed by atoms with Crippen molar-refractivity contribution in [3.05, 3.63) is 66.2 Å². The van der Waals surface area contributed by atoms with Gasteiger partial charge in [-0.05, 0) is 50.0 Å². The third kappa shape index (κ3) is 4.01. The topological polar surface area (TPSA) is 70.0 Å². The zero-order valence-corrected chi connectivity index (χ0v) is 15.6. The summed E-state index contributed by atoms with van der Waals surface area (Å²) in [6.45, 7) is 1.90. The van der Waals surface area contributed by atoms with Gasteiger partial charge in [0.2, 0.25) is 11.7 Å². The number of benzene rings is 2. The number of fused-ring (bicyclic) bond motifs is 1. The van der Waals surface area contributed by atoms with Crippen LogP contribution in [-0.2, 0) is 6.42 Å². The Hall–Kier alpha value is -3.12. The maximum atomic E-state index is 5.47. The molecule has 6 nitrogen and oxygen atoms in total. The number of para-hydroxylation sites is 1. The van der Waals surface area contributed by atoms with Gasteiger partial charge in [-0.3, -0.25) is 0 Å². The van der Waals surface area contributed by atoms with E-state index in [1.165, 1.54) is 5.39 Å². The summed E-state index contributed by atoms with van der Waals surface area (Å²) in [6.07, 6.45) is 2.62. The first-order chi connectivity index (χ1) is 13.2. The molecule has 4 aromatic rings. The number of hydrogen-bond donors (Lipinski definition) is 2. The van der Waals surface area contributed by atoms with Crippen LogP contribution in [0.5, 0.6) is 0 Å². The number of aromatic nitrogens is 3. The fourth-order valence-corrected chi connectivity index (χ4v) is 3.05. The summed E-state index contributed by atoms with van der Waals surface area (Å²) in [4.78, 5) is 9.98. The van der Waals surface area contributed by atoms with Crippen molar-refractivity contribution in [1.29, 1.82) is 0 Å². The molecular formula is C21H23N5O. The summed E-state index contributed by atoms with van der Waals surface area (Å²) in [5.74, 6) is 1.23. The summed E-state index contributed by atoms with van der Waals surface area (Å²) in [6, 6.07) is 16.3. The molecule has 2 heterocycles. The average molecular weight is 361 g/mol. The van der Waals surface area contributed by atoms with Gasteiger partial charge in [-0.2, -0.15) is 4.98 Å². The fourth-order valence-electron chi connectivity index (χ4n) is 3.05. The highest BCUT2D eigenvalue weighted by atomic mass is 16.5. The molecule has 0 spiro atoms. The number of likely N-dealkylation sites (N-methyl/N-ethyl adjacent to an activating group) is 1. The predicted octanol–water partition coefficient (Wildman–Crippen LogP) is 3.78. The Labute approximate surface area is 158 Å². The number of rotatable bonds is 7. The molecule has 6 heteroatoms. The molecule has 0 amide bonds. The van der Waals surface area contributed by atoms with E-state index in [-0.39, 0.29) is 0 Å². The Balaban J connectivity index is 1.44. The van der Waals surface area contributed by atoms with E-state index in [0.717, 1.165) is 35.4 Å². The Kier molecular flexibility index (Phi) is 4.89. The maximum absolute atomic E-state index is 5.47. The second-order valence-electron chi connectivity index (χ2n) is 6.86. The van der Waals surface area contributed by atoms with E-state index in [1.807, 2.05) is 42.6 Å². The highest BCUT2D eigenvalue weighted by Crippen LogP contribution is 2.22. The minimum atomic E-state index is 0.612. The van der Waals surface area contributed by atoms with Gasteiger partial charge < -0.3 is 19.7 Å². The van der Waals surface area contributed by atoms with E-state index in [4.69, 9.17) is 4.52 Å². The monoisotopic (exact) mass is 361 g/mol. The second-order valence-corrected chi connectivity index (χ2v) is 6.86. The zero-order valence-electron chi connectivity index (χ0n) is 15.6. The highest BCUT2D eigenvalue weighted by molar-refractivity contribution is 5.83. The summed E-state index contributed by atoms with van der Waals surface area (Å²) >= 11 is 0. The van der Waals surface area contributed by atoms with Crippen molar-refractivity contribution < 1.29 is 4.52 Å². The lowest BCUT2D eigenvalue weighted by molar-refractivity contribution is 0.386. The van der Waals surface area contributed by atoms with Gasteiger partial charge >= 0.3 is 0 Å². The van der Waals surface area contributed by atoms with Gasteiger partial charge in [0.15, 0.2) is 0 Å². The van der Waals surface area contributed by atoms with Gasteiger partial charge in [-0.25, -0.2) is 0 Å². The van der Waals surface area contributed by atoms with Crippen molar-refractivity contribution in [1.82, 2.24) is 20.0 Å². The van der Waals surface area contributed by atoms with Gasteiger partial charge in [0.05, 0.1) is 6.42 Å². The molecule has 2 aromatic carbocycles. The Morgan fingerprint density at radius 3 is 2.70 bits per heavy atom. The zero-order chi connectivity index (χ0) is 18.6. The molecule has 0 saturated carbocycles. The molecule has 0 fully saturated rings. The van der Waals surface area contributed by atoms with Crippen molar-refractivity contribution in [3.8, 4) is 11.4 Å². The van der Waals surface area contributed by atoms with Crippen LogP contribution in [0.4, 0.5) is 5.69 Å². The first-order valence-corrected chi connectivity index (χ1v) is 9.05. The summed E-state index contributed by atoms with van der Waals surface area (Å²) in [5, 5.41) is 8.72. The predicted molar refractivity (Wildman–Crippen MR) is 108 cm³/mol. The standard InChI is InChI=1S/C21H23N5O/c1-26(2)12-11-22-17-9-7-15(8-10-17)21-24-20(27-25-21)13-16-14-23-19-6-4-3-5-18(16)19/h3-10,14,22-23H,11-13H2,1-2H3. The molecule has 2 N–H and O–H groups in total. The number of H-pyrrole nitrogens is 1. The number of nitrogens with one attached hydrogen (secondary N) is 2. The molecule has 0 atom stereocenters. The van der Waals surface area contributed by atoms with Crippen molar-refractivity contribution in [3.63, 3.8) is 0 Å². The molecule has 0 unspecified atom stereocenters. The van der Waals surface area contributed by atoms with Crippen molar-refractivity contribution in [2.75, 3.05) is 32.5 Å². The van der Waals surface area contributed by atoms with Crippen LogP contribution < -0.4 is 5.32 Å². The van der Waals surface area contributed by atoms with Crippen molar-refractivity contribution in [2.45, 2.75) is 6.42 Å². The van der Waals surface area contributed by atoms with Gasteiger partial charge in [-0.15, -0.1) is 0 Å². The minimum absolute atomic E-state index is 0.612. The fraction of sp³-hybridized carbons (Fsp3) is 0.238. The van der Waals surface area contributed by atoms with Crippen LogP contribution in [0.2, 0.25) is 0 Å². The molecule has 0 aliphatic carbocycles. The second kappa shape index (κ2) is 7.63. The van der Waals surface area contributed by atoms with E-state index >= 15 is 0 Å². The lowest BCUT2D eigenvalue weighted by Gasteiger charge is -2.11. The smallest absolute Gasteiger partial charge is 0.231 e. The lowest BCUT2D eigenvalue weighted by Crippen LogP contribution is -2.20. The summed E-state index contributed by atoms with van der Waals surface area (Å²) < 4.78 is 5.47. The van der Waals surface area contributed by atoms with Crippen LogP contribution >= 0.6 is 0 Å². The van der Waals surface area contributed by atoms with Crippen LogP contribution in [-0.4, -0.2) is 47.2 Å². The quantitative estimate of drug-likeness (QED) is 0.524. The molecule has 138 valence electrons. The Bertz CT molecular complexity index is 1020. The lowest BCUT2D eigenvalue weighted by atomic mass is 10.1. The van der Waals surface area contributed by atoms with Gasteiger partial charge in [0.25, 0.3) is 0 Å². The molecular weight excluding hydrogens is 338 g/mol. The molecule has 2 aromatic heterocycles.